The number of nitrogens with zero attached hydrogens (tertiary/aromatic N) is 1. The summed E-state index contributed by atoms with van der Waals surface area (Å²) in [5, 5.41) is 10.9. The van der Waals surface area contributed by atoms with E-state index in [1.807, 2.05) is 0 Å². The van der Waals surface area contributed by atoms with Crippen LogP contribution in [-0.4, -0.2) is 45.7 Å². The molecule has 1 atom stereocenters. The Labute approximate surface area is 379 Å². The van der Waals surface area contributed by atoms with Crippen molar-refractivity contribution in [1.82, 2.24) is 4.90 Å². The van der Waals surface area contributed by atoms with Gasteiger partial charge in [0, 0.05) is 19.3 Å². The Morgan fingerprint density at radius 1 is 0.361 bits per heavy atom. The van der Waals surface area contributed by atoms with Crippen LogP contribution < -0.4 is 5.73 Å². The number of ketones is 1. The maximum absolute atomic E-state index is 14.3. The lowest BCUT2D eigenvalue weighted by molar-refractivity contribution is -0.172. The van der Waals surface area contributed by atoms with Crippen molar-refractivity contribution in [3.63, 3.8) is 0 Å². The molecule has 0 spiro atoms. The number of carboxylic acid groups (broad SMARTS) is 1. The highest BCUT2D eigenvalue weighted by Gasteiger charge is 2.54. The van der Waals surface area contributed by atoms with Crippen molar-refractivity contribution in [1.29, 1.82) is 0 Å². The van der Waals surface area contributed by atoms with Crippen LogP contribution in [0.3, 0.4) is 0 Å². The molecule has 7 nitrogen and oxygen atoms in total. The fourth-order valence-corrected chi connectivity index (χ4v) is 9.11. The van der Waals surface area contributed by atoms with E-state index >= 15 is 0 Å². The van der Waals surface area contributed by atoms with Gasteiger partial charge in [-0.3, -0.25) is 19.3 Å². The maximum atomic E-state index is 14.3. The second-order valence-electron chi connectivity index (χ2n) is 18.9. The van der Waals surface area contributed by atoms with Gasteiger partial charge in [-0.1, -0.05) is 252 Å². The van der Waals surface area contributed by atoms with Crippen LogP contribution in [0.5, 0.6) is 0 Å². The monoisotopic (exact) mass is 861 g/mol. The van der Waals surface area contributed by atoms with Gasteiger partial charge in [0.1, 0.15) is 0 Å². The lowest BCUT2D eigenvalue weighted by Crippen LogP contribution is -2.64. The number of amides is 2. The molecule has 0 saturated heterocycles. The van der Waals surface area contributed by atoms with E-state index in [0.717, 1.165) is 62.7 Å². The highest BCUT2D eigenvalue weighted by Crippen LogP contribution is 2.31. The molecule has 0 heterocycles. The van der Waals surface area contributed by atoms with Crippen LogP contribution in [0.25, 0.3) is 0 Å². The third-order valence-electron chi connectivity index (χ3n) is 13.2. The smallest absolute Gasteiger partial charge is 0.337 e. The first-order valence-corrected chi connectivity index (χ1v) is 27.2. The zero-order valence-corrected chi connectivity index (χ0v) is 41.1. The third-order valence-corrected chi connectivity index (χ3v) is 13.2. The number of carboxylic acids is 1. The Hall–Kier alpha value is -1.76. The molecule has 0 aromatic rings. The fraction of sp³-hybridized carbons (Fsp3) is 0.926. The van der Waals surface area contributed by atoms with Crippen molar-refractivity contribution in [2.45, 2.75) is 315 Å². The zero-order valence-electron chi connectivity index (χ0n) is 41.1. The third kappa shape index (κ3) is 32.5. The van der Waals surface area contributed by atoms with Crippen molar-refractivity contribution in [2.24, 2.45) is 5.73 Å². The summed E-state index contributed by atoms with van der Waals surface area (Å²) in [6.45, 7) is 7.12. The van der Waals surface area contributed by atoms with Crippen LogP contribution in [0, 0.1) is 0 Å². The van der Waals surface area contributed by atoms with Gasteiger partial charge < -0.3 is 10.8 Å². The van der Waals surface area contributed by atoms with Gasteiger partial charge in [-0.2, -0.15) is 0 Å². The predicted octanol–water partition coefficient (Wildman–Crippen LogP) is 16.3. The summed E-state index contributed by atoms with van der Waals surface area (Å²) in [6, 6.07) is 0. The average Bonchev–Trinajstić information content (AvgIpc) is 3.25. The van der Waals surface area contributed by atoms with E-state index in [2.05, 4.69) is 20.8 Å². The van der Waals surface area contributed by atoms with Gasteiger partial charge in [-0.05, 0) is 45.1 Å². The number of rotatable bonds is 49. The standard InChI is InChI=1S/C54H104N2O5/c1-4-7-10-13-16-19-22-25-28-31-34-37-40-45-50(57)54(53(60)61,48-43-44-49-55)56(51(58)46-41-38-35-32-29-26-23-20-17-14-11-8-5-2)52(59)47-42-39-36-33-30-27-24-21-18-15-12-9-6-3/h4-49,55H2,1-3H3,(H,60,61). The van der Waals surface area contributed by atoms with Crippen LogP contribution in [0.15, 0.2) is 0 Å². The minimum atomic E-state index is -2.16. The number of hydrogen-bond donors (Lipinski definition) is 2. The van der Waals surface area contributed by atoms with Crippen LogP contribution >= 0.6 is 0 Å². The number of carbonyl (C=O) groups is 4. The average molecular weight is 861 g/mol. The van der Waals surface area contributed by atoms with Gasteiger partial charge >= 0.3 is 5.97 Å². The summed E-state index contributed by atoms with van der Waals surface area (Å²) < 4.78 is 0. The van der Waals surface area contributed by atoms with Crippen LogP contribution in [0.4, 0.5) is 0 Å². The van der Waals surface area contributed by atoms with Crippen LogP contribution in [0.1, 0.15) is 310 Å². The summed E-state index contributed by atoms with van der Waals surface area (Å²) >= 11 is 0. The first-order chi connectivity index (χ1) is 29.8. The SMILES string of the molecule is CCCCCCCCCCCCCCCC(=O)N(C(=O)CCCCCCCCCCCCCCC)C(CCCCN)(C(=O)O)C(=O)CCCCCCCCCCCCCCC. The van der Waals surface area contributed by atoms with E-state index in [9.17, 15) is 24.3 Å². The number of nitrogens with two attached hydrogens (primary N) is 1. The van der Waals surface area contributed by atoms with Crippen molar-refractivity contribution in [3.05, 3.63) is 0 Å². The zero-order chi connectivity index (χ0) is 44.9. The number of Topliss-reactive ketones (excluding diaryl/α,β-unsaturated/α-hetero) is 1. The molecule has 360 valence electrons. The molecule has 0 fully saturated rings. The molecular weight excluding hydrogens is 757 g/mol. The molecule has 0 aliphatic carbocycles. The summed E-state index contributed by atoms with van der Waals surface area (Å²) in [7, 11) is 0. The Balaban J connectivity index is 5.37. The second kappa shape index (κ2) is 44.8. The predicted molar refractivity (Wildman–Crippen MR) is 261 cm³/mol. The summed E-state index contributed by atoms with van der Waals surface area (Å²) in [5.41, 5.74) is 3.68. The second-order valence-corrected chi connectivity index (χ2v) is 18.9. The van der Waals surface area contributed by atoms with E-state index in [1.54, 1.807) is 0 Å². The van der Waals surface area contributed by atoms with E-state index in [0.29, 0.717) is 38.6 Å². The molecule has 0 radical (unpaired) electrons. The largest absolute Gasteiger partial charge is 0.479 e. The van der Waals surface area contributed by atoms with Crippen LogP contribution in [-0.2, 0) is 19.2 Å². The van der Waals surface area contributed by atoms with Crippen molar-refractivity contribution >= 4 is 23.6 Å². The highest BCUT2D eigenvalue weighted by atomic mass is 16.4. The maximum Gasteiger partial charge on any atom is 0.337 e. The Bertz CT molecular complexity index is 975. The molecule has 0 aromatic carbocycles. The minimum absolute atomic E-state index is 0.0640. The van der Waals surface area contributed by atoms with Crippen LogP contribution in [0.2, 0.25) is 0 Å². The highest BCUT2D eigenvalue weighted by molar-refractivity contribution is 6.15. The molecule has 0 aliphatic heterocycles. The molecular formula is C54H104N2O5. The number of aliphatic carboxylic acids is 1. The van der Waals surface area contributed by atoms with Gasteiger partial charge in [0.15, 0.2) is 5.78 Å². The number of carbonyl (C=O) groups excluding carboxylic acids is 3. The number of hydrogen-bond acceptors (Lipinski definition) is 5. The lowest BCUT2D eigenvalue weighted by Gasteiger charge is -2.38. The minimum Gasteiger partial charge on any atom is -0.479 e. The van der Waals surface area contributed by atoms with Gasteiger partial charge in [0.05, 0.1) is 0 Å². The summed E-state index contributed by atoms with van der Waals surface area (Å²) in [5.74, 6) is -2.83. The van der Waals surface area contributed by atoms with Gasteiger partial charge in [0.2, 0.25) is 17.4 Å². The lowest BCUT2D eigenvalue weighted by atomic mass is 9.82. The molecule has 0 aliphatic rings. The number of imide groups is 1. The first kappa shape index (κ1) is 59.2. The molecule has 1 unspecified atom stereocenters. The van der Waals surface area contributed by atoms with E-state index in [4.69, 9.17) is 5.73 Å². The van der Waals surface area contributed by atoms with Gasteiger partial charge in [-0.15, -0.1) is 0 Å². The Morgan fingerprint density at radius 3 is 0.852 bits per heavy atom. The van der Waals surface area contributed by atoms with E-state index < -0.39 is 29.1 Å². The molecule has 3 N–H and O–H groups in total. The normalized spacial score (nSPS) is 12.5. The first-order valence-electron chi connectivity index (χ1n) is 27.2. The molecule has 2 amide bonds. The van der Waals surface area contributed by atoms with Crippen molar-refractivity contribution < 1.29 is 24.3 Å². The fourth-order valence-electron chi connectivity index (χ4n) is 9.11. The molecule has 7 heteroatoms. The molecule has 61 heavy (non-hydrogen) atoms. The molecule has 0 rings (SSSR count). The summed E-state index contributed by atoms with van der Waals surface area (Å²) in [4.78, 5) is 57.0. The quantitative estimate of drug-likeness (QED) is 0.0465. The molecule has 0 bridgehead atoms. The number of unbranched alkanes of at least 4 members (excludes halogenated alkanes) is 37. The van der Waals surface area contributed by atoms with E-state index in [1.165, 1.54) is 173 Å². The van der Waals surface area contributed by atoms with Gasteiger partial charge in [0.25, 0.3) is 0 Å². The Kier molecular flexibility index (Phi) is 43.5. The Morgan fingerprint density at radius 2 is 0.607 bits per heavy atom. The van der Waals surface area contributed by atoms with E-state index in [-0.39, 0.29) is 25.7 Å². The molecule has 0 saturated carbocycles. The van der Waals surface area contributed by atoms with Gasteiger partial charge in [-0.25, -0.2) is 4.79 Å². The molecule has 0 aromatic heterocycles. The summed E-state index contributed by atoms with van der Waals surface area (Å²) in [6.07, 6.45) is 47.0. The van der Waals surface area contributed by atoms with Crippen molar-refractivity contribution in [3.8, 4) is 0 Å². The van der Waals surface area contributed by atoms with Crippen molar-refractivity contribution in [2.75, 3.05) is 6.54 Å². The topological polar surface area (TPSA) is 118 Å².